The molecule has 0 N–H and O–H groups in total. The maximum Gasteiger partial charge on any atom is 0.126 e. The fourth-order valence-electron chi connectivity index (χ4n) is 2.89. The van der Waals surface area contributed by atoms with Gasteiger partial charge in [0.25, 0.3) is 0 Å². The molecule has 92 valence electrons. The molecule has 1 aromatic rings. The van der Waals surface area contributed by atoms with E-state index in [1.54, 1.807) is 0 Å². The maximum absolute atomic E-state index is 5.96. The van der Waals surface area contributed by atoms with Gasteiger partial charge in [0.05, 0.1) is 18.3 Å². The van der Waals surface area contributed by atoms with Crippen LogP contribution < -0.4 is 0 Å². The van der Waals surface area contributed by atoms with Crippen LogP contribution in [0.5, 0.6) is 0 Å². The zero-order chi connectivity index (χ0) is 12.1. The first-order valence-electron chi connectivity index (χ1n) is 6.10. The van der Waals surface area contributed by atoms with Crippen LogP contribution in [-0.2, 0) is 15.9 Å². The second kappa shape index (κ2) is 3.71. The normalized spacial score (nSPS) is 34.2. The van der Waals surface area contributed by atoms with E-state index in [1.165, 1.54) is 5.56 Å². The number of hydrogen-bond donors (Lipinski definition) is 0. The van der Waals surface area contributed by atoms with Gasteiger partial charge in [0.15, 0.2) is 0 Å². The van der Waals surface area contributed by atoms with E-state index in [0.717, 1.165) is 24.5 Å². The highest BCUT2D eigenvalue weighted by molar-refractivity contribution is 6.30. The average molecular weight is 253 g/mol. The van der Waals surface area contributed by atoms with Crippen molar-refractivity contribution in [2.24, 2.45) is 0 Å². The molecular weight excluding hydrogens is 236 g/mol. The molecule has 2 atom stereocenters. The second-order valence-electron chi connectivity index (χ2n) is 5.44. The van der Waals surface area contributed by atoms with Crippen molar-refractivity contribution >= 4 is 11.6 Å². The molecule has 17 heavy (non-hydrogen) atoms. The number of ether oxygens (including phenoxy) is 2. The lowest BCUT2D eigenvalue weighted by atomic mass is 9.85. The van der Waals surface area contributed by atoms with Crippen LogP contribution in [0.15, 0.2) is 24.3 Å². The predicted molar refractivity (Wildman–Crippen MR) is 67.4 cm³/mol. The summed E-state index contributed by atoms with van der Waals surface area (Å²) < 4.78 is 11.7. The molecule has 0 aliphatic carbocycles. The van der Waals surface area contributed by atoms with Crippen molar-refractivity contribution in [2.75, 3.05) is 6.61 Å². The van der Waals surface area contributed by atoms with E-state index in [-0.39, 0.29) is 11.2 Å². The van der Waals surface area contributed by atoms with Crippen molar-refractivity contribution in [3.8, 4) is 0 Å². The first-order valence-corrected chi connectivity index (χ1v) is 6.47. The minimum absolute atomic E-state index is 0.0490. The van der Waals surface area contributed by atoms with E-state index in [1.807, 2.05) is 12.1 Å². The Morgan fingerprint density at radius 1 is 1.29 bits per heavy atom. The van der Waals surface area contributed by atoms with Gasteiger partial charge in [-0.25, -0.2) is 0 Å². The minimum atomic E-state index is -0.149. The largest absolute Gasteiger partial charge is 0.372 e. The van der Waals surface area contributed by atoms with Gasteiger partial charge in [-0.15, -0.1) is 0 Å². The zero-order valence-corrected chi connectivity index (χ0v) is 11.0. The summed E-state index contributed by atoms with van der Waals surface area (Å²) in [6.07, 6.45) is 2.25. The van der Waals surface area contributed by atoms with E-state index in [4.69, 9.17) is 21.1 Å². The minimum Gasteiger partial charge on any atom is -0.372 e. The number of hydrogen-bond acceptors (Lipinski definition) is 2. The second-order valence-corrected chi connectivity index (χ2v) is 5.87. The van der Waals surface area contributed by atoms with E-state index < -0.39 is 0 Å². The quantitative estimate of drug-likeness (QED) is 0.754. The SMILES string of the molecule is CC1(C)OCCC12OC2Cc1ccc(Cl)cc1. The molecule has 2 saturated heterocycles. The van der Waals surface area contributed by atoms with E-state index in [9.17, 15) is 0 Å². The summed E-state index contributed by atoms with van der Waals surface area (Å²) in [4.78, 5) is 0. The molecule has 0 saturated carbocycles. The van der Waals surface area contributed by atoms with Crippen molar-refractivity contribution in [1.29, 1.82) is 0 Å². The van der Waals surface area contributed by atoms with Gasteiger partial charge >= 0.3 is 0 Å². The Labute approximate surface area is 107 Å². The van der Waals surface area contributed by atoms with Gasteiger partial charge in [0.2, 0.25) is 0 Å². The van der Waals surface area contributed by atoms with E-state index in [2.05, 4.69) is 26.0 Å². The molecule has 0 aromatic heterocycles. The van der Waals surface area contributed by atoms with Crippen molar-refractivity contribution in [2.45, 2.75) is 44.0 Å². The zero-order valence-electron chi connectivity index (χ0n) is 10.2. The molecule has 2 aliphatic heterocycles. The maximum atomic E-state index is 5.96. The molecule has 2 heterocycles. The van der Waals surface area contributed by atoms with Gasteiger partial charge in [-0.05, 0) is 31.5 Å². The fraction of sp³-hybridized carbons (Fsp3) is 0.571. The summed E-state index contributed by atoms with van der Waals surface area (Å²) in [7, 11) is 0. The third-order valence-electron chi connectivity index (χ3n) is 4.11. The Hall–Kier alpha value is -0.570. The third kappa shape index (κ3) is 1.79. The van der Waals surface area contributed by atoms with E-state index >= 15 is 0 Å². The molecule has 2 nitrogen and oxygen atoms in total. The first-order chi connectivity index (χ1) is 8.03. The van der Waals surface area contributed by atoms with Gasteiger partial charge < -0.3 is 9.47 Å². The summed E-state index contributed by atoms with van der Waals surface area (Å²) in [5.41, 5.74) is 1.08. The summed E-state index contributed by atoms with van der Waals surface area (Å²) in [5.74, 6) is 0. The lowest BCUT2D eigenvalue weighted by Crippen LogP contribution is -2.37. The molecule has 2 unspecified atom stereocenters. The number of halogens is 1. The van der Waals surface area contributed by atoms with Crippen molar-refractivity contribution < 1.29 is 9.47 Å². The molecule has 1 aromatic carbocycles. The molecule has 2 fully saturated rings. The van der Waals surface area contributed by atoms with Gasteiger partial charge in [0.1, 0.15) is 5.60 Å². The topological polar surface area (TPSA) is 21.8 Å². The van der Waals surface area contributed by atoms with Crippen LogP contribution in [0.4, 0.5) is 0 Å². The lowest BCUT2D eigenvalue weighted by molar-refractivity contribution is -0.00140. The van der Waals surface area contributed by atoms with Crippen LogP contribution in [0.1, 0.15) is 25.8 Å². The van der Waals surface area contributed by atoms with Crippen molar-refractivity contribution in [3.05, 3.63) is 34.9 Å². The monoisotopic (exact) mass is 252 g/mol. The summed E-state index contributed by atoms with van der Waals surface area (Å²) in [5, 5.41) is 0.782. The van der Waals surface area contributed by atoms with Crippen molar-refractivity contribution in [1.82, 2.24) is 0 Å². The lowest BCUT2D eigenvalue weighted by Gasteiger charge is -2.23. The molecule has 0 bridgehead atoms. The van der Waals surface area contributed by atoms with E-state index in [0.29, 0.717) is 6.10 Å². The van der Waals surface area contributed by atoms with Crippen LogP contribution in [-0.4, -0.2) is 23.9 Å². The average Bonchev–Trinajstić information content (AvgIpc) is 2.88. The Morgan fingerprint density at radius 3 is 2.59 bits per heavy atom. The third-order valence-corrected chi connectivity index (χ3v) is 4.36. The van der Waals surface area contributed by atoms with Crippen LogP contribution in [0.2, 0.25) is 5.02 Å². The summed E-state index contributed by atoms with van der Waals surface area (Å²) in [6.45, 7) is 5.06. The number of epoxide rings is 1. The highest BCUT2D eigenvalue weighted by atomic mass is 35.5. The molecule has 0 radical (unpaired) electrons. The van der Waals surface area contributed by atoms with Gasteiger partial charge in [-0.1, -0.05) is 23.7 Å². The Kier molecular flexibility index (Phi) is 2.51. The molecule has 3 heteroatoms. The van der Waals surface area contributed by atoms with Gasteiger partial charge in [-0.2, -0.15) is 0 Å². The van der Waals surface area contributed by atoms with Crippen molar-refractivity contribution in [3.63, 3.8) is 0 Å². The Balaban J connectivity index is 1.71. The summed E-state index contributed by atoms with van der Waals surface area (Å²) >= 11 is 5.88. The highest BCUT2D eigenvalue weighted by Gasteiger charge is 2.68. The van der Waals surface area contributed by atoms with Gasteiger partial charge in [0, 0.05) is 17.9 Å². The predicted octanol–water partition coefficient (Wildman–Crippen LogP) is 3.22. The molecule has 1 spiro atoms. The van der Waals surface area contributed by atoms with Crippen LogP contribution in [0, 0.1) is 0 Å². The Morgan fingerprint density at radius 2 is 2.00 bits per heavy atom. The number of benzene rings is 1. The standard InChI is InChI=1S/C14H17ClO2/c1-13(2)14(7-8-16-13)12(17-14)9-10-3-5-11(15)6-4-10/h3-6,12H,7-9H2,1-2H3. The smallest absolute Gasteiger partial charge is 0.126 e. The fourth-order valence-corrected chi connectivity index (χ4v) is 3.02. The first kappa shape index (κ1) is 11.5. The van der Waals surface area contributed by atoms with Crippen LogP contribution in [0.3, 0.4) is 0 Å². The van der Waals surface area contributed by atoms with Crippen LogP contribution in [0.25, 0.3) is 0 Å². The summed E-state index contributed by atoms with van der Waals surface area (Å²) in [6, 6.07) is 8.01. The molecule has 3 rings (SSSR count). The van der Waals surface area contributed by atoms with Gasteiger partial charge in [-0.3, -0.25) is 0 Å². The molecule has 2 aliphatic rings. The molecule has 0 amide bonds. The Bertz CT molecular complexity index is 426. The molecular formula is C14H17ClO2. The highest BCUT2D eigenvalue weighted by Crippen LogP contribution is 2.54. The van der Waals surface area contributed by atoms with Crippen LogP contribution >= 0.6 is 11.6 Å². The number of rotatable bonds is 2.